The number of pyridine rings is 1. The molecule has 0 aliphatic heterocycles. The third kappa shape index (κ3) is 4.85. The van der Waals surface area contributed by atoms with Gasteiger partial charge in [0.25, 0.3) is 5.56 Å². The van der Waals surface area contributed by atoms with Crippen LogP contribution in [0.25, 0.3) is 10.9 Å². The molecule has 0 aliphatic rings. The Bertz CT molecular complexity index is 1310. The third-order valence-electron chi connectivity index (χ3n) is 5.46. The molecule has 0 saturated carbocycles. The molecule has 1 amide bonds. The van der Waals surface area contributed by atoms with E-state index in [4.69, 9.17) is 0 Å². The molecule has 164 valence electrons. The second kappa shape index (κ2) is 9.47. The van der Waals surface area contributed by atoms with E-state index in [1.165, 1.54) is 15.7 Å². The second-order valence-electron chi connectivity index (χ2n) is 7.76. The summed E-state index contributed by atoms with van der Waals surface area (Å²) in [5.41, 5.74) is 4.45. The highest BCUT2D eigenvalue weighted by atomic mass is 16.2. The fourth-order valence-electron chi connectivity index (χ4n) is 3.58. The van der Waals surface area contributed by atoms with Gasteiger partial charge in [0.15, 0.2) is 5.82 Å². The van der Waals surface area contributed by atoms with Gasteiger partial charge in [0.1, 0.15) is 6.54 Å². The highest BCUT2D eigenvalue weighted by molar-refractivity contribution is 5.79. The van der Waals surface area contributed by atoms with Gasteiger partial charge in [0.05, 0.1) is 24.0 Å². The number of aromatic amines is 1. The Kier molecular flexibility index (Phi) is 6.30. The molecule has 0 aliphatic carbocycles. The predicted octanol–water partition coefficient (Wildman–Crippen LogP) is 2.71. The van der Waals surface area contributed by atoms with Crippen LogP contribution in [-0.2, 0) is 24.3 Å². The zero-order chi connectivity index (χ0) is 22.5. The quantitative estimate of drug-likeness (QED) is 0.399. The number of hydrogen-bond donors (Lipinski definition) is 3. The zero-order valence-corrected chi connectivity index (χ0v) is 18.2. The average Bonchev–Trinajstić information content (AvgIpc) is 3.26. The van der Waals surface area contributed by atoms with E-state index in [-0.39, 0.29) is 23.8 Å². The van der Waals surface area contributed by atoms with Gasteiger partial charge in [-0.3, -0.25) is 19.1 Å². The van der Waals surface area contributed by atoms with Crippen LogP contribution >= 0.6 is 0 Å². The highest BCUT2D eigenvalue weighted by Gasteiger charge is 2.12. The first kappa shape index (κ1) is 21.3. The number of H-pyrrole nitrogens is 1. The van der Waals surface area contributed by atoms with E-state index >= 15 is 0 Å². The first-order chi connectivity index (χ1) is 15.5. The van der Waals surface area contributed by atoms with Gasteiger partial charge in [-0.25, -0.2) is 4.98 Å². The van der Waals surface area contributed by atoms with Gasteiger partial charge in [-0.15, -0.1) is 0 Å². The van der Waals surface area contributed by atoms with Crippen molar-refractivity contribution in [3.63, 3.8) is 0 Å². The van der Waals surface area contributed by atoms with Crippen molar-refractivity contribution in [3.05, 3.63) is 87.9 Å². The molecular weight excluding hydrogens is 404 g/mol. The van der Waals surface area contributed by atoms with Gasteiger partial charge >= 0.3 is 0 Å². The molecule has 3 heterocycles. The lowest BCUT2D eigenvalue weighted by atomic mass is 10.1. The molecule has 8 heteroatoms. The van der Waals surface area contributed by atoms with Gasteiger partial charge in [-0.05, 0) is 43.5 Å². The summed E-state index contributed by atoms with van der Waals surface area (Å²) in [5, 5.41) is 6.98. The van der Waals surface area contributed by atoms with Crippen LogP contribution in [-0.4, -0.2) is 32.0 Å². The van der Waals surface area contributed by atoms with Crippen molar-refractivity contribution >= 4 is 22.6 Å². The fraction of sp³-hybridized carbons (Fsp3) is 0.250. The van der Waals surface area contributed by atoms with Crippen LogP contribution in [0.2, 0.25) is 0 Å². The Morgan fingerprint density at radius 1 is 1.12 bits per heavy atom. The molecule has 4 rings (SSSR count). The first-order valence-electron chi connectivity index (χ1n) is 10.5. The number of aryl methyl sites for hydroxylation is 2. The molecule has 1 aromatic carbocycles. The van der Waals surface area contributed by atoms with Gasteiger partial charge in [0.2, 0.25) is 5.91 Å². The van der Waals surface area contributed by atoms with Crippen molar-refractivity contribution in [2.45, 2.75) is 33.4 Å². The lowest BCUT2D eigenvalue weighted by Gasteiger charge is -2.13. The maximum atomic E-state index is 12.9. The summed E-state index contributed by atoms with van der Waals surface area (Å²) in [6.45, 7) is 4.62. The molecule has 0 bridgehead atoms. The van der Waals surface area contributed by atoms with Crippen LogP contribution in [0.5, 0.6) is 0 Å². The van der Waals surface area contributed by atoms with E-state index in [9.17, 15) is 9.59 Å². The van der Waals surface area contributed by atoms with E-state index in [1.54, 1.807) is 19.3 Å². The average molecular weight is 431 g/mol. The van der Waals surface area contributed by atoms with E-state index in [0.29, 0.717) is 18.8 Å². The summed E-state index contributed by atoms with van der Waals surface area (Å²) in [4.78, 5) is 37.0. The number of benzene rings is 1. The minimum absolute atomic E-state index is 0.0773. The molecule has 0 saturated heterocycles. The molecule has 0 unspecified atom stereocenters. The van der Waals surface area contributed by atoms with E-state index in [1.807, 2.05) is 30.5 Å². The molecule has 8 nitrogen and oxygen atoms in total. The highest BCUT2D eigenvalue weighted by Crippen LogP contribution is 2.11. The maximum absolute atomic E-state index is 12.9. The van der Waals surface area contributed by atoms with Crippen molar-refractivity contribution < 1.29 is 4.79 Å². The molecule has 0 radical (unpaired) electrons. The summed E-state index contributed by atoms with van der Waals surface area (Å²) >= 11 is 0. The van der Waals surface area contributed by atoms with Gasteiger partial charge < -0.3 is 15.6 Å². The summed E-state index contributed by atoms with van der Waals surface area (Å²) in [6.07, 6.45) is 5.97. The molecule has 3 N–H and O–H groups in total. The number of amides is 1. The smallest absolute Gasteiger partial charge is 0.293 e. The molecule has 32 heavy (non-hydrogen) atoms. The number of hydrogen-bond acceptors (Lipinski definition) is 5. The summed E-state index contributed by atoms with van der Waals surface area (Å²) in [5.74, 6) is -0.0141. The molecule has 3 aromatic heterocycles. The summed E-state index contributed by atoms with van der Waals surface area (Å²) in [7, 11) is 0. The van der Waals surface area contributed by atoms with E-state index in [0.717, 1.165) is 23.0 Å². The van der Waals surface area contributed by atoms with E-state index in [2.05, 4.69) is 44.6 Å². The van der Waals surface area contributed by atoms with Crippen LogP contribution in [0.15, 0.2) is 59.8 Å². The minimum atomic E-state index is -0.309. The lowest BCUT2D eigenvalue weighted by Crippen LogP contribution is -2.34. The fourth-order valence-corrected chi connectivity index (χ4v) is 3.58. The van der Waals surface area contributed by atoms with Gasteiger partial charge in [0, 0.05) is 30.0 Å². The Hall–Kier alpha value is -3.94. The third-order valence-corrected chi connectivity index (χ3v) is 5.46. The number of rotatable bonds is 8. The SMILES string of the molecule is Cc1ccccc1CCNc1ncc(C)n(CC(=O)NCc2cc3cc[nH]c3cn2)c1=O. The number of nitrogens with zero attached hydrogens (tertiary/aromatic N) is 3. The molecular formula is C24H26N6O2. The van der Waals surface area contributed by atoms with Crippen molar-refractivity contribution in [1.82, 2.24) is 24.8 Å². The van der Waals surface area contributed by atoms with Crippen molar-refractivity contribution in [2.24, 2.45) is 0 Å². The van der Waals surface area contributed by atoms with Crippen LogP contribution in [0.3, 0.4) is 0 Å². The Labute approximate surface area is 185 Å². The van der Waals surface area contributed by atoms with Crippen LogP contribution in [0.4, 0.5) is 5.82 Å². The minimum Gasteiger partial charge on any atom is -0.365 e. The molecule has 0 spiro atoms. The zero-order valence-electron chi connectivity index (χ0n) is 18.2. The van der Waals surface area contributed by atoms with Crippen LogP contribution in [0, 0.1) is 13.8 Å². The van der Waals surface area contributed by atoms with Crippen LogP contribution < -0.4 is 16.2 Å². The first-order valence-corrected chi connectivity index (χ1v) is 10.5. The van der Waals surface area contributed by atoms with Crippen molar-refractivity contribution in [3.8, 4) is 0 Å². The number of carbonyl (C=O) groups excluding carboxylic acids is 1. The van der Waals surface area contributed by atoms with Crippen LogP contribution in [0.1, 0.15) is 22.5 Å². The standard InChI is InChI=1S/C24H26N6O2/c1-16-5-3-4-6-18(16)7-10-26-23-24(32)30(17(2)12-29-23)15-22(31)28-13-20-11-19-8-9-25-21(19)14-27-20/h3-6,8-9,11-12,14,25H,7,10,13,15H2,1-2H3,(H,26,29)(H,28,31). The number of anilines is 1. The van der Waals surface area contributed by atoms with Crippen molar-refractivity contribution in [2.75, 3.05) is 11.9 Å². The molecule has 4 aromatic rings. The predicted molar refractivity (Wildman–Crippen MR) is 125 cm³/mol. The van der Waals surface area contributed by atoms with Gasteiger partial charge in [-0.2, -0.15) is 0 Å². The Balaban J connectivity index is 1.37. The monoisotopic (exact) mass is 430 g/mol. The Morgan fingerprint density at radius 3 is 2.81 bits per heavy atom. The topological polar surface area (TPSA) is 105 Å². The van der Waals surface area contributed by atoms with Gasteiger partial charge in [-0.1, -0.05) is 24.3 Å². The second-order valence-corrected chi connectivity index (χ2v) is 7.76. The summed E-state index contributed by atoms with van der Waals surface area (Å²) < 4.78 is 1.43. The Morgan fingerprint density at radius 2 is 1.97 bits per heavy atom. The normalized spacial score (nSPS) is 10.9. The lowest BCUT2D eigenvalue weighted by molar-refractivity contribution is -0.121. The number of fused-ring (bicyclic) bond motifs is 1. The summed E-state index contributed by atoms with van der Waals surface area (Å²) in [6, 6.07) is 12.0. The molecule has 0 atom stereocenters. The van der Waals surface area contributed by atoms with Crippen molar-refractivity contribution in [1.29, 1.82) is 0 Å². The number of nitrogens with one attached hydrogen (secondary N) is 3. The number of aromatic nitrogens is 4. The number of carbonyl (C=O) groups is 1. The molecule has 0 fully saturated rings. The van der Waals surface area contributed by atoms with E-state index < -0.39 is 0 Å². The largest absolute Gasteiger partial charge is 0.365 e. The maximum Gasteiger partial charge on any atom is 0.293 e.